The summed E-state index contributed by atoms with van der Waals surface area (Å²) >= 11 is 5.95. The molecule has 1 fully saturated rings. The number of non-ortho nitro benzene ring substituents is 1. The number of likely N-dealkylation sites (N-methyl/N-ethyl adjacent to an activating group) is 1. The van der Waals surface area contributed by atoms with Gasteiger partial charge in [0, 0.05) is 47.6 Å². The number of ketones is 1. The summed E-state index contributed by atoms with van der Waals surface area (Å²) in [6.07, 6.45) is 0. The van der Waals surface area contributed by atoms with E-state index in [1.807, 2.05) is 31.3 Å². The Morgan fingerprint density at radius 3 is 2.33 bits per heavy atom. The highest BCUT2D eigenvalue weighted by atomic mass is 35.5. The van der Waals surface area contributed by atoms with Gasteiger partial charge in [0.05, 0.1) is 4.92 Å². The minimum atomic E-state index is -0.464. The van der Waals surface area contributed by atoms with Crippen molar-refractivity contribution in [3.8, 4) is 0 Å². The quantitative estimate of drug-likeness (QED) is 0.481. The molecule has 1 aliphatic heterocycles. The van der Waals surface area contributed by atoms with Crippen LogP contribution in [0.25, 0.3) is 0 Å². The van der Waals surface area contributed by atoms with Crippen LogP contribution in [0.5, 0.6) is 0 Å². The first-order valence-electron chi connectivity index (χ1n) is 7.68. The van der Waals surface area contributed by atoms with Gasteiger partial charge >= 0.3 is 0 Å². The Balaban J connectivity index is 1.86. The number of nitro groups is 1. The molecule has 0 amide bonds. The zero-order valence-electron chi connectivity index (χ0n) is 13.2. The van der Waals surface area contributed by atoms with Gasteiger partial charge in [-0.05, 0) is 36.9 Å². The molecular weight excluding hydrogens is 328 g/mol. The van der Waals surface area contributed by atoms with E-state index in [1.54, 1.807) is 0 Å². The Kier molecular flexibility index (Phi) is 4.64. The van der Waals surface area contributed by atoms with Gasteiger partial charge in [0.25, 0.3) is 5.69 Å². The van der Waals surface area contributed by atoms with Crippen molar-refractivity contribution < 1.29 is 9.72 Å². The van der Waals surface area contributed by atoms with Crippen LogP contribution in [0, 0.1) is 16.0 Å². The normalized spacial score (nSPS) is 20.9. The fourth-order valence-corrected chi connectivity index (χ4v) is 3.40. The number of Topliss-reactive ketones (excluding diaryl/α,β-unsaturated/α-hetero) is 1. The zero-order chi connectivity index (χ0) is 17.3. The monoisotopic (exact) mass is 344 g/mol. The smallest absolute Gasteiger partial charge is 0.269 e. The molecule has 0 aliphatic carbocycles. The summed E-state index contributed by atoms with van der Waals surface area (Å²) < 4.78 is 0. The van der Waals surface area contributed by atoms with Crippen molar-refractivity contribution in [3.05, 3.63) is 74.8 Å². The van der Waals surface area contributed by atoms with E-state index in [0.717, 1.165) is 12.1 Å². The molecule has 6 heteroatoms. The Hall–Kier alpha value is -2.24. The molecule has 0 saturated carbocycles. The molecule has 1 saturated heterocycles. The van der Waals surface area contributed by atoms with Crippen molar-refractivity contribution in [1.82, 2.24) is 4.90 Å². The lowest BCUT2D eigenvalue weighted by atomic mass is 9.84. The summed E-state index contributed by atoms with van der Waals surface area (Å²) in [6.45, 7) is 1.47. The van der Waals surface area contributed by atoms with Crippen LogP contribution in [-0.2, 0) is 0 Å². The van der Waals surface area contributed by atoms with Crippen molar-refractivity contribution in [2.24, 2.45) is 5.92 Å². The van der Waals surface area contributed by atoms with E-state index in [0.29, 0.717) is 17.1 Å². The molecule has 0 N–H and O–H groups in total. The molecule has 1 heterocycles. The second kappa shape index (κ2) is 6.71. The molecule has 0 aromatic heterocycles. The minimum absolute atomic E-state index is 0.00987. The minimum Gasteiger partial charge on any atom is -0.305 e. The van der Waals surface area contributed by atoms with Crippen LogP contribution in [-0.4, -0.2) is 35.7 Å². The van der Waals surface area contributed by atoms with Gasteiger partial charge in [0.2, 0.25) is 0 Å². The number of hydrogen-bond acceptors (Lipinski definition) is 4. The van der Waals surface area contributed by atoms with Crippen LogP contribution in [0.1, 0.15) is 21.8 Å². The van der Waals surface area contributed by atoms with Crippen molar-refractivity contribution in [2.45, 2.75) is 5.92 Å². The first kappa shape index (κ1) is 16.6. The average Bonchev–Trinajstić information content (AvgIpc) is 2.96. The zero-order valence-corrected chi connectivity index (χ0v) is 13.9. The summed E-state index contributed by atoms with van der Waals surface area (Å²) in [6, 6.07) is 13.4. The van der Waals surface area contributed by atoms with Gasteiger partial charge in [-0.2, -0.15) is 0 Å². The maximum absolute atomic E-state index is 12.9. The summed E-state index contributed by atoms with van der Waals surface area (Å²) in [4.78, 5) is 25.3. The average molecular weight is 345 g/mol. The topological polar surface area (TPSA) is 63.5 Å². The number of halogens is 1. The predicted molar refractivity (Wildman–Crippen MR) is 92.6 cm³/mol. The number of nitro benzene ring substituents is 1. The standard InChI is InChI=1S/C18H17ClN2O3/c1-20-10-16(12-2-6-14(19)7-3-12)17(11-20)18(22)13-4-8-15(9-5-13)21(23)24/h2-9,16-17H,10-11H2,1H3/t16-,17+/m0/s1. The third-order valence-corrected chi connectivity index (χ3v) is 4.75. The van der Waals surface area contributed by atoms with Crippen molar-refractivity contribution in [1.29, 1.82) is 0 Å². The molecule has 2 aromatic carbocycles. The molecule has 2 aromatic rings. The van der Waals surface area contributed by atoms with E-state index in [2.05, 4.69) is 4.90 Å². The van der Waals surface area contributed by atoms with Crippen LogP contribution >= 0.6 is 11.6 Å². The number of carbonyl (C=O) groups excluding carboxylic acids is 1. The molecule has 0 radical (unpaired) electrons. The lowest BCUT2D eigenvalue weighted by Crippen LogP contribution is -2.22. The summed E-state index contributed by atoms with van der Waals surface area (Å²) in [5, 5.41) is 11.4. The number of benzene rings is 2. The Labute approximate surface area is 145 Å². The van der Waals surface area contributed by atoms with E-state index in [4.69, 9.17) is 11.6 Å². The number of nitrogens with zero attached hydrogens (tertiary/aromatic N) is 2. The van der Waals surface area contributed by atoms with E-state index in [1.165, 1.54) is 24.3 Å². The van der Waals surface area contributed by atoms with Gasteiger partial charge in [-0.15, -0.1) is 0 Å². The first-order valence-corrected chi connectivity index (χ1v) is 8.06. The molecule has 0 bridgehead atoms. The largest absolute Gasteiger partial charge is 0.305 e. The van der Waals surface area contributed by atoms with Crippen LogP contribution in [0.3, 0.4) is 0 Å². The Morgan fingerprint density at radius 1 is 1.12 bits per heavy atom. The van der Waals surface area contributed by atoms with Gasteiger partial charge < -0.3 is 4.90 Å². The van der Waals surface area contributed by atoms with Crippen LogP contribution in [0.4, 0.5) is 5.69 Å². The Morgan fingerprint density at radius 2 is 1.75 bits per heavy atom. The third-order valence-electron chi connectivity index (χ3n) is 4.50. The maximum atomic E-state index is 12.9. The van der Waals surface area contributed by atoms with Gasteiger partial charge in [0.1, 0.15) is 0 Å². The van der Waals surface area contributed by atoms with Gasteiger partial charge in [-0.1, -0.05) is 23.7 Å². The second-order valence-electron chi connectivity index (χ2n) is 6.15. The highest BCUT2D eigenvalue weighted by Gasteiger charge is 2.37. The fourth-order valence-electron chi connectivity index (χ4n) is 3.28. The highest BCUT2D eigenvalue weighted by molar-refractivity contribution is 6.30. The first-order chi connectivity index (χ1) is 11.5. The highest BCUT2D eigenvalue weighted by Crippen LogP contribution is 2.35. The summed E-state index contributed by atoms with van der Waals surface area (Å²) in [5.74, 6) is -0.0539. The van der Waals surface area contributed by atoms with E-state index < -0.39 is 4.92 Å². The lowest BCUT2D eigenvalue weighted by molar-refractivity contribution is -0.384. The molecule has 1 aliphatic rings. The van der Waals surface area contributed by atoms with Gasteiger partial charge in [-0.3, -0.25) is 14.9 Å². The maximum Gasteiger partial charge on any atom is 0.269 e. The second-order valence-corrected chi connectivity index (χ2v) is 6.59. The molecule has 5 nitrogen and oxygen atoms in total. The van der Waals surface area contributed by atoms with Crippen LogP contribution in [0.15, 0.2) is 48.5 Å². The fraction of sp³-hybridized carbons (Fsp3) is 0.278. The molecule has 2 atom stereocenters. The number of hydrogen-bond donors (Lipinski definition) is 0. The molecule has 0 spiro atoms. The summed E-state index contributed by atoms with van der Waals surface area (Å²) in [5.41, 5.74) is 1.59. The number of likely N-dealkylation sites (tertiary alicyclic amines) is 1. The molecular formula is C18H17ClN2O3. The van der Waals surface area contributed by atoms with Crippen LogP contribution in [0.2, 0.25) is 5.02 Å². The molecule has 3 rings (SSSR count). The molecule has 24 heavy (non-hydrogen) atoms. The van der Waals surface area contributed by atoms with Gasteiger partial charge in [-0.25, -0.2) is 0 Å². The molecule has 0 unspecified atom stereocenters. The summed E-state index contributed by atoms with van der Waals surface area (Å²) in [7, 11) is 1.99. The van der Waals surface area contributed by atoms with E-state index >= 15 is 0 Å². The van der Waals surface area contributed by atoms with E-state index in [-0.39, 0.29) is 23.3 Å². The van der Waals surface area contributed by atoms with Crippen molar-refractivity contribution >= 4 is 23.1 Å². The number of rotatable bonds is 4. The molecule has 124 valence electrons. The number of carbonyl (C=O) groups is 1. The van der Waals surface area contributed by atoms with E-state index in [9.17, 15) is 14.9 Å². The van der Waals surface area contributed by atoms with Crippen LogP contribution < -0.4 is 0 Å². The Bertz CT molecular complexity index is 759. The van der Waals surface area contributed by atoms with Crippen molar-refractivity contribution in [2.75, 3.05) is 20.1 Å². The lowest BCUT2D eigenvalue weighted by Gasteiger charge is -2.18. The SMILES string of the molecule is CN1C[C@@H](C(=O)c2ccc([N+](=O)[O-])cc2)[C@H](c2ccc(Cl)cc2)C1. The predicted octanol–water partition coefficient (Wildman–Crippen LogP) is 3.78. The van der Waals surface area contributed by atoms with Crippen molar-refractivity contribution in [3.63, 3.8) is 0 Å². The van der Waals surface area contributed by atoms with Gasteiger partial charge in [0.15, 0.2) is 5.78 Å². The third kappa shape index (κ3) is 3.32.